The largest absolute Gasteiger partial charge is 0.437 e. The van der Waals surface area contributed by atoms with Gasteiger partial charge in [-0.2, -0.15) is 18.2 Å². The molecule has 4 aromatic rings. The Morgan fingerprint density at radius 3 is 2.52 bits per heavy atom. The van der Waals surface area contributed by atoms with E-state index in [1.54, 1.807) is 18.2 Å². The maximum absolute atomic E-state index is 13.2. The fraction of sp³-hybridized carbons (Fsp3) is 0.367. The molecule has 1 aliphatic heterocycles. The number of pyridine rings is 1. The van der Waals surface area contributed by atoms with Crippen LogP contribution in [0.4, 0.5) is 24.9 Å². The predicted octanol–water partition coefficient (Wildman–Crippen LogP) is 6.99. The van der Waals surface area contributed by atoms with Crippen LogP contribution in [0.2, 0.25) is 0 Å². The number of likely N-dealkylation sites (tertiary alicyclic amines) is 1. The Bertz CT molecular complexity index is 1480. The molecule has 0 aliphatic carbocycles. The first-order valence-electron chi connectivity index (χ1n) is 13.4. The average molecular weight is 551 g/mol. The van der Waals surface area contributed by atoms with Crippen LogP contribution < -0.4 is 15.4 Å². The van der Waals surface area contributed by atoms with Crippen molar-refractivity contribution in [2.45, 2.75) is 45.5 Å². The molecule has 40 heavy (non-hydrogen) atoms. The van der Waals surface area contributed by atoms with E-state index < -0.39 is 11.7 Å². The summed E-state index contributed by atoms with van der Waals surface area (Å²) in [7, 11) is 1.96. The smallest absolute Gasteiger partial charge is 0.416 e. The van der Waals surface area contributed by atoms with Gasteiger partial charge in [0.05, 0.1) is 17.4 Å². The second-order valence-corrected chi connectivity index (χ2v) is 10.6. The van der Waals surface area contributed by atoms with E-state index in [0.717, 1.165) is 49.9 Å². The van der Waals surface area contributed by atoms with Gasteiger partial charge in [0.2, 0.25) is 11.8 Å². The third kappa shape index (κ3) is 6.12. The summed E-state index contributed by atoms with van der Waals surface area (Å²) in [5.41, 5.74) is 6.79. The van der Waals surface area contributed by atoms with Crippen LogP contribution in [0.5, 0.6) is 11.6 Å². The molecule has 0 amide bonds. The number of alkyl halides is 3. The molecule has 2 aromatic heterocycles. The Kier molecular flexibility index (Phi) is 7.80. The van der Waals surface area contributed by atoms with Crippen molar-refractivity contribution in [2.75, 3.05) is 30.8 Å². The summed E-state index contributed by atoms with van der Waals surface area (Å²) in [5, 5.41) is 0.854. The fourth-order valence-electron chi connectivity index (χ4n) is 5.16. The van der Waals surface area contributed by atoms with Gasteiger partial charge < -0.3 is 15.4 Å². The summed E-state index contributed by atoms with van der Waals surface area (Å²) in [6.45, 7) is 6.33. The second kappa shape index (κ2) is 11.3. The van der Waals surface area contributed by atoms with E-state index in [1.807, 2.05) is 30.1 Å². The van der Waals surface area contributed by atoms with Crippen LogP contribution in [0.15, 0.2) is 60.7 Å². The number of hydrogen-bond acceptors (Lipinski definition) is 7. The minimum absolute atomic E-state index is 0.0888. The molecule has 7 nitrogen and oxygen atoms in total. The third-order valence-electron chi connectivity index (χ3n) is 7.06. The summed E-state index contributed by atoms with van der Waals surface area (Å²) in [4.78, 5) is 18.5. The summed E-state index contributed by atoms with van der Waals surface area (Å²) >= 11 is 0. The van der Waals surface area contributed by atoms with E-state index in [2.05, 4.69) is 23.7 Å². The number of halogens is 3. The molecule has 0 spiro atoms. The van der Waals surface area contributed by atoms with Crippen molar-refractivity contribution in [3.05, 3.63) is 66.2 Å². The summed E-state index contributed by atoms with van der Waals surface area (Å²) in [6.07, 6.45) is -1.15. The molecule has 1 aliphatic rings. The maximum Gasteiger partial charge on any atom is 0.416 e. The van der Waals surface area contributed by atoms with Crippen molar-refractivity contribution in [1.82, 2.24) is 19.9 Å². The minimum Gasteiger partial charge on any atom is -0.437 e. The zero-order valence-electron chi connectivity index (χ0n) is 22.8. The summed E-state index contributed by atoms with van der Waals surface area (Å²) in [6, 6.07) is 15.7. The van der Waals surface area contributed by atoms with Crippen LogP contribution in [-0.4, -0.2) is 46.2 Å². The number of nitrogen functional groups attached to an aromatic ring is 1. The Hall–Kier alpha value is -3.92. The number of benzene rings is 2. The monoisotopic (exact) mass is 550 g/mol. The van der Waals surface area contributed by atoms with E-state index in [0.29, 0.717) is 40.2 Å². The number of rotatable bonds is 7. The molecule has 1 saturated heterocycles. The lowest BCUT2D eigenvalue weighted by Gasteiger charge is -2.41. The molecular weight excluding hydrogens is 517 g/mol. The number of para-hydroxylation sites is 1. The van der Waals surface area contributed by atoms with E-state index in [1.165, 1.54) is 12.1 Å². The van der Waals surface area contributed by atoms with Crippen LogP contribution in [-0.2, 0) is 6.18 Å². The minimum atomic E-state index is -4.42. The topological polar surface area (TPSA) is 80.4 Å². The number of aromatic nitrogens is 3. The third-order valence-corrected chi connectivity index (χ3v) is 7.06. The molecule has 5 rings (SSSR count). The zero-order chi connectivity index (χ0) is 28.4. The van der Waals surface area contributed by atoms with Gasteiger partial charge in [0, 0.05) is 37.2 Å². The highest BCUT2D eigenvalue weighted by atomic mass is 19.4. The van der Waals surface area contributed by atoms with Crippen LogP contribution in [0.25, 0.3) is 22.2 Å². The van der Waals surface area contributed by atoms with Gasteiger partial charge in [-0.15, -0.1) is 0 Å². The van der Waals surface area contributed by atoms with Crippen LogP contribution >= 0.6 is 0 Å². The Labute approximate surface area is 231 Å². The highest BCUT2D eigenvalue weighted by molar-refractivity contribution is 5.86. The number of fused-ring (bicyclic) bond motifs is 1. The molecule has 0 saturated carbocycles. The predicted molar refractivity (Wildman–Crippen MR) is 151 cm³/mol. The number of nitrogens with zero attached hydrogens (tertiary/aromatic N) is 5. The van der Waals surface area contributed by atoms with Crippen molar-refractivity contribution < 1.29 is 17.9 Å². The number of ether oxygens (including phenoxy) is 1. The average Bonchev–Trinajstić information content (AvgIpc) is 2.92. The van der Waals surface area contributed by atoms with Crippen molar-refractivity contribution in [3.8, 4) is 22.9 Å². The first-order chi connectivity index (χ1) is 19.1. The Morgan fingerprint density at radius 2 is 1.80 bits per heavy atom. The number of anilines is 2. The molecule has 10 heteroatoms. The van der Waals surface area contributed by atoms with Crippen LogP contribution in [0.1, 0.15) is 38.7 Å². The molecular formula is C30H33F3N6O. The SMILES string of the molecule is CC(C)CN1CCCCC1N(C)c1nc(Oc2cccc3ccc(N)nc23)cc(-c2ccc(C(F)(F)F)cc2)n1. The molecule has 3 heterocycles. The Balaban J connectivity index is 1.56. The van der Waals surface area contributed by atoms with E-state index in [-0.39, 0.29) is 12.0 Å². The number of piperidine rings is 1. The second-order valence-electron chi connectivity index (χ2n) is 10.6. The molecule has 2 N–H and O–H groups in total. The van der Waals surface area contributed by atoms with Gasteiger partial charge in [0.15, 0.2) is 5.75 Å². The maximum atomic E-state index is 13.2. The lowest BCUT2D eigenvalue weighted by molar-refractivity contribution is -0.137. The normalized spacial score (nSPS) is 16.4. The quantitative estimate of drug-likeness (QED) is 0.266. The summed E-state index contributed by atoms with van der Waals surface area (Å²) in [5.74, 6) is 2.02. The fourth-order valence-corrected chi connectivity index (χ4v) is 5.16. The van der Waals surface area contributed by atoms with Gasteiger partial charge in [0.25, 0.3) is 0 Å². The van der Waals surface area contributed by atoms with Crippen molar-refractivity contribution in [2.24, 2.45) is 5.92 Å². The molecule has 0 bridgehead atoms. The highest BCUT2D eigenvalue weighted by Crippen LogP contribution is 2.34. The first-order valence-corrected chi connectivity index (χ1v) is 13.4. The lowest BCUT2D eigenvalue weighted by atomic mass is 10.0. The van der Waals surface area contributed by atoms with Crippen molar-refractivity contribution in [1.29, 1.82) is 0 Å². The first kappa shape index (κ1) is 27.6. The van der Waals surface area contributed by atoms with Gasteiger partial charge in [-0.25, -0.2) is 9.97 Å². The van der Waals surface area contributed by atoms with Crippen LogP contribution in [0.3, 0.4) is 0 Å². The Morgan fingerprint density at radius 1 is 1.02 bits per heavy atom. The molecule has 1 unspecified atom stereocenters. The van der Waals surface area contributed by atoms with Gasteiger partial charge in [0.1, 0.15) is 11.3 Å². The van der Waals surface area contributed by atoms with Gasteiger partial charge in [-0.05, 0) is 55.5 Å². The van der Waals surface area contributed by atoms with Crippen molar-refractivity contribution in [3.63, 3.8) is 0 Å². The number of hydrogen-bond donors (Lipinski definition) is 1. The molecule has 0 radical (unpaired) electrons. The van der Waals surface area contributed by atoms with Crippen LogP contribution in [0, 0.1) is 5.92 Å². The highest BCUT2D eigenvalue weighted by Gasteiger charge is 2.31. The van der Waals surface area contributed by atoms with Crippen molar-refractivity contribution >= 4 is 22.7 Å². The molecule has 210 valence electrons. The van der Waals surface area contributed by atoms with E-state index in [4.69, 9.17) is 20.4 Å². The number of nitrogens with two attached hydrogens (primary N) is 1. The zero-order valence-corrected chi connectivity index (χ0v) is 22.8. The lowest BCUT2D eigenvalue weighted by Crippen LogP contribution is -2.51. The molecule has 1 atom stereocenters. The summed E-state index contributed by atoms with van der Waals surface area (Å²) < 4.78 is 45.9. The van der Waals surface area contributed by atoms with E-state index in [9.17, 15) is 13.2 Å². The van der Waals surface area contributed by atoms with E-state index >= 15 is 0 Å². The standard InChI is InChI=1S/C30H33F3N6O/c1-19(2)18-39-16-5-4-9-27(39)38(3)29-35-23(20-10-13-22(14-11-20)30(31,32)33)17-26(37-29)40-24-8-6-7-21-12-15-25(34)36-28(21)24/h6-8,10-15,17,19,27H,4-5,9,16,18H2,1-3H3,(H2,34,36). The van der Waals surface area contributed by atoms with Gasteiger partial charge >= 0.3 is 6.18 Å². The van der Waals surface area contributed by atoms with Gasteiger partial charge in [-0.1, -0.05) is 38.1 Å². The molecule has 2 aromatic carbocycles. The molecule has 1 fully saturated rings. The van der Waals surface area contributed by atoms with Gasteiger partial charge in [-0.3, -0.25) is 4.90 Å².